The third kappa shape index (κ3) is 19.2. The number of hydrogen-bond donors (Lipinski definition) is 1. The number of rotatable bonds is 0. The molecule has 0 saturated carbocycles. The van der Waals surface area contributed by atoms with Gasteiger partial charge in [-0.3, -0.25) is 0 Å². The van der Waals surface area contributed by atoms with Gasteiger partial charge >= 0.3 is 8.69 Å². The molecular formula is H2CuO2P+. The quantitative estimate of drug-likeness (QED) is 0.366. The van der Waals surface area contributed by atoms with Crippen LogP contribution in [-0.4, -0.2) is 4.89 Å². The summed E-state index contributed by atoms with van der Waals surface area (Å²) >= 11 is 0. The molecule has 0 aliphatic rings. The van der Waals surface area contributed by atoms with Crippen molar-refractivity contribution in [1.82, 2.24) is 0 Å². The standard InChI is InChI=1S/Cu.HO2P/c;1-3-2/h;3H/p+1. The van der Waals surface area contributed by atoms with Crippen LogP contribution in [-0.2, 0) is 21.6 Å². The van der Waals surface area contributed by atoms with Gasteiger partial charge in [-0.15, -0.1) is 0 Å². The molecule has 0 spiro atoms. The van der Waals surface area contributed by atoms with Gasteiger partial charge in [0.05, 0.1) is 0 Å². The Morgan fingerprint density at radius 3 is 1.75 bits per heavy atom. The minimum Gasteiger partial charge on any atom is -0.162 e. The number of hydrogen-bond acceptors (Lipinski definition) is 1. The third-order valence-corrected chi connectivity index (χ3v) is 0. The predicted molar refractivity (Wildman–Crippen MR) is 11.2 cm³/mol. The van der Waals surface area contributed by atoms with Gasteiger partial charge in [0.15, 0.2) is 0 Å². The normalized spacial score (nSPS) is 5.25. The summed E-state index contributed by atoms with van der Waals surface area (Å²) in [5, 5.41) is 0. The Bertz CT molecular complexity index is 13.5. The van der Waals surface area contributed by atoms with Crippen molar-refractivity contribution in [3.63, 3.8) is 0 Å². The Morgan fingerprint density at radius 2 is 1.75 bits per heavy atom. The van der Waals surface area contributed by atoms with E-state index < -0.39 is 8.69 Å². The smallest absolute Gasteiger partial charge is 0.162 e. The fraction of sp³-hybridized carbons (Fsp3) is 0. The third-order valence-electron chi connectivity index (χ3n) is 0. The molecule has 0 aromatic rings. The van der Waals surface area contributed by atoms with Gasteiger partial charge in [0.1, 0.15) is 0 Å². The average molecular weight is 129 g/mol. The van der Waals surface area contributed by atoms with Crippen LogP contribution in [0.3, 0.4) is 0 Å². The summed E-state index contributed by atoms with van der Waals surface area (Å²) in [6.45, 7) is 0. The minimum atomic E-state index is -1.17. The molecule has 4 heteroatoms. The van der Waals surface area contributed by atoms with Gasteiger partial charge in [-0.2, -0.15) is 4.89 Å². The van der Waals surface area contributed by atoms with Crippen molar-refractivity contribution < 1.29 is 26.5 Å². The van der Waals surface area contributed by atoms with Gasteiger partial charge in [0.2, 0.25) is 0 Å². The van der Waals surface area contributed by atoms with E-state index in [1.54, 1.807) is 0 Å². The average Bonchev–Trinajstić information content (AvgIpc) is 0.918. The molecular weight excluding hydrogens is 127 g/mol. The van der Waals surface area contributed by atoms with E-state index in [1.807, 2.05) is 0 Å². The molecule has 0 fully saturated rings. The van der Waals surface area contributed by atoms with E-state index >= 15 is 0 Å². The van der Waals surface area contributed by atoms with Crippen molar-refractivity contribution >= 4 is 8.69 Å². The molecule has 4 heavy (non-hydrogen) atoms. The summed E-state index contributed by atoms with van der Waals surface area (Å²) in [7, 11) is -1.17. The van der Waals surface area contributed by atoms with Crippen molar-refractivity contribution in [2.24, 2.45) is 0 Å². The summed E-state index contributed by atoms with van der Waals surface area (Å²) in [6.07, 6.45) is 0. The first-order valence-electron chi connectivity index (χ1n) is 0.428. The van der Waals surface area contributed by atoms with Gasteiger partial charge in [-0.05, 0) is 4.57 Å². The maximum absolute atomic E-state index is 8.51. The first-order valence-corrected chi connectivity index (χ1v) is 1.28. The molecule has 0 aromatic heterocycles. The molecule has 0 aromatic carbocycles. The molecule has 1 unspecified atom stereocenters. The molecule has 29 valence electrons. The van der Waals surface area contributed by atoms with Crippen molar-refractivity contribution in [1.29, 1.82) is 0 Å². The van der Waals surface area contributed by atoms with Gasteiger partial charge in [0, 0.05) is 17.1 Å². The molecule has 0 aliphatic heterocycles. The summed E-state index contributed by atoms with van der Waals surface area (Å²) in [5.74, 6) is 0. The zero-order chi connectivity index (χ0) is 2.71. The summed E-state index contributed by atoms with van der Waals surface area (Å²) in [5.41, 5.74) is 0. The van der Waals surface area contributed by atoms with E-state index in [0.717, 1.165) is 0 Å². The minimum absolute atomic E-state index is 0. The van der Waals surface area contributed by atoms with Crippen LogP contribution in [0.5, 0.6) is 0 Å². The van der Waals surface area contributed by atoms with Crippen molar-refractivity contribution in [3.05, 3.63) is 0 Å². The van der Waals surface area contributed by atoms with E-state index in [2.05, 4.69) is 0 Å². The van der Waals surface area contributed by atoms with Gasteiger partial charge < -0.3 is 0 Å². The van der Waals surface area contributed by atoms with E-state index in [4.69, 9.17) is 9.46 Å². The van der Waals surface area contributed by atoms with Gasteiger partial charge in [-0.25, -0.2) is 0 Å². The fourth-order valence-corrected chi connectivity index (χ4v) is 0. The van der Waals surface area contributed by atoms with Crippen LogP contribution < -0.4 is 0 Å². The SMILES string of the molecule is O=[PH+]O.[Cu]. The van der Waals surface area contributed by atoms with Crippen molar-refractivity contribution in [2.75, 3.05) is 0 Å². The summed E-state index contributed by atoms with van der Waals surface area (Å²) < 4.78 is 8.51. The molecule has 0 amide bonds. The second-order valence-corrected chi connectivity index (χ2v) is 0.274. The van der Waals surface area contributed by atoms with Crippen LogP contribution in [0.4, 0.5) is 0 Å². The zero-order valence-corrected chi connectivity index (χ0v) is 3.60. The van der Waals surface area contributed by atoms with Crippen LogP contribution in [0, 0.1) is 0 Å². The molecule has 2 nitrogen and oxygen atoms in total. The Morgan fingerprint density at radius 1 is 1.75 bits per heavy atom. The van der Waals surface area contributed by atoms with E-state index in [0.29, 0.717) is 0 Å². The summed E-state index contributed by atoms with van der Waals surface area (Å²) in [6, 6.07) is 0. The Kier molecular flexibility index (Phi) is 21.0. The van der Waals surface area contributed by atoms with Gasteiger partial charge in [-0.1, -0.05) is 0 Å². The molecule has 0 saturated heterocycles. The fourth-order valence-electron chi connectivity index (χ4n) is 0. The first-order chi connectivity index (χ1) is 1.41. The van der Waals surface area contributed by atoms with E-state index in [-0.39, 0.29) is 17.1 Å². The largest absolute Gasteiger partial charge is 0.491 e. The van der Waals surface area contributed by atoms with Crippen molar-refractivity contribution in [2.45, 2.75) is 0 Å². The Hall–Kier alpha value is 0.579. The zero-order valence-electron chi connectivity index (χ0n) is 1.66. The van der Waals surface area contributed by atoms with E-state index in [9.17, 15) is 0 Å². The molecule has 1 atom stereocenters. The molecule has 1 radical (unpaired) electrons. The Balaban J connectivity index is 0. The predicted octanol–water partition coefficient (Wildman–Crippen LogP) is -0.0848. The Labute approximate surface area is 36.0 Å². The molecule has 0 heterocycles. The first kappa shape index (κ1) is 8.82. The van der Waals surface area contributed by atoms with Crippen LogP contribution in [0.1, 0.15) is 0 Å². The van der Waals surface area contributed by atoms with Gasteiger partial charge in [0.25, 0.3) is 0 Å². The van der Waals surface area contributed by atoms with Crippen LogP contribution in [0.2, 0.25) is 0 Å². The second-order valence-electron chi connectivity index (χ2n) is 0.0913. The van der Waals surface area contributed by atoms with Crippen molar-refractivity contribution in [3.8, 4) is 0 Å². The van der Waals surface area contributed by atoms with Crippen LogP contribution in [0.15, 0.2) is 0 Å². The monoisotopic (exact) mass is 128 g/mol. The molecule has 1 N–H and O–H groups in total. The molecule has 0 rings (SSSR count). The van der Waals surface area contributed by atoms with E-state index in [1.165, 1.54) is 0 Å². The topological polar surface area (TPSA) is 37.3 Å². The molecule has 0 bridgehead atoms. The second kappa shape index (κ2) is 9.55. The molecule has 0 aliphatic carbocycles. The maximum atomic E-state index is 8.51. The van der Waals surface area contributed by atoms with Crippen LogP contribution >= 0.6 is 8.69 Å². The maximum Gasteiger partial charge on any atom is 0.491 e. The van der Waals surface area contributed by atoms with Crippen LogP contribution in [0.25, 0.3) is 0 Å². The summed E-state index contributed by atoms with van der Waals surface area (Å²) in [4.78, 5) is 7.04.